The molecule has 22 heavy (non-hydrogen) atoms. The van der Waals surface area contributed by atoms with Crippen molar-refractivity contribution in [3.8, 4) is 22.6 Å². The van der Waals surface area contributed by atoms with Gasteiger partial charge in [0.25, 0.3) is 0 Å². The van der Waals surface area contributed by atoms with Gasteiger partial charge in [0.2, 0.25) is 0 Å². The maximum absolute atomic E-state index is 10.9. The van der Waals surface area contributed by atoms with Gasteiger partial charge in [0.15, 0.2) is 0 Å². The van der Waals surface area contributed by atoms with Crippen LogP contribution < -0.4 is 14.8 Å². The summed E-state index contributed by atoms with van der Waals surface area (Å²) in [5.41, 5.74) is 2.11. The zero-order valence-electron chi connectivity index (χ0n) is 12.7. The smallest absolute Gasteiger partial charge is 0.409 e. The molecule has 6 nitrogen and oxygen atoms in total. The number of nitrogens with zero attached hydrogens (tertiary/aromatic N) is 1. The first-order valence-electron chi connectivity index (χ1n) is 6.80. The van der Waals surface area contributed by atoms with Crippen LogP contribution >= 0.6 is 0 Å². The van der Waals surface area contributed by atoms with E-state index >= 15 is 0 Å². The first kappa shape index (κ1) is 15.6. The Morgan fingerprint density at radius 3 is 2.68 bits per heavy atom. The van der Waals surface area contributed by atoms with Crippen molar-refractivity contribution in [3.05, 3.63) is 36.7 Å². The molecule has 0 aliphatic heterocycles. The summed E-state index contributed by atoms with van der Waals surface area (Å²) in [6.07, 6.45) is 2.08. The number of pyridine rings is 1. The lowest BCUT2D eigenvalue weighted by atomic mass is 10.1. The Hall–Kier alpha value is -2.76. The minimum Gasteiger partial charge on any atom is -0.494 e. The molecule has 0 aliphatic carbocycles. The second-order valence-corrected chi connectivity index (χ2v) is 4.88. The van der Waals surface area contributed by atoms with Gasteiger partial charge in [-0.1, -0.05) is 6.07 Å². The number of carboxylic acid groups (broad SMARTS) is 1. The van der Waals surface area contributed by atoms with Gasteiger partial charge in [-0.05, 0) is 37.6 Å². The maximum Gasteiger partial charge on any atom is 0.409 e. The minimum absolute atomic E-state index is 0.0797. The van der Waals surface area contributed by atoms with Crippen molar-refractivity contribution in [2.45, 2.75) is 20.0 Å². The van der Waals surface area contributed by atoms with E-state index in [-0.39, 0.29) is 6.10 Å². The molecule has 0 fully saturated rings. The third kappa shape index (κ3) is 3.66. The van der Waals surface area contributed by atoms with Gasteiger partial charge in [-0.2, -0.15) is 0 Å². The van der Waals surface area contributed by atoms with Gasteiger partial charge in [-0.25, -0.2) is 4.79 Å². The zero-order valence-corrected chi connectivity index (χ0v) is 12.7. The van der Waals surface area contributed by atoms with E-state index in [0.29, 0.717) is 17.2 Å². The number of ether oxygens (including phenoxy) is 2. The maximum atomic E-state index is 10.9. The molecule has 0 bridgehead atoms. The molecule has 1 amide bonds. The second-order valence-electron chi connectivity index (χ2n) is 4.88. The molecule has 1 aromatic heterocycles. The molecule has 1 aromatic carbocycles. The van der Waals surface area contributed by atoms with E-state index in [4.69, 9.17) is 14.6 Å². The van der Waals surface area contributed by atoms with E-state index in [1.165, 1.54) is 0 Å². The highest BCUT2D eigenvalue weighted by molar-refractivity contribution is 5.86. The van der Waals surface area contributed by atoms with E-state index in [9.17, 15) is 4.79 Å². The van der Waals surface area contributed by atoms with Crippen molar-refractivity contribution >= 4 is 11.8 Å². The topological polar surface area (TPSA) is 80.7 Å². The summed E-state index contributed by atoms with van der Waals surface area (Å²) in [5, 5.41) is 11.2. The number of amides is 1. The lowest BCUT2D eigenvalue weighted by Gasteiger charge is -2.16. The SMILES string of the molecule is COc1cnccc1-c1ccc(NC(=O)O)c(OC(C)C)c1. The van der Waals surface area contributed by atoms with Gasteiger partial charge in [0.1, 0.15) is 11.5 Å². The minimum atomic E-state index is -1.14. The summed E-state index contributed by atoms with van der Waals surface area (Å²) in [6.45, 7) is 3.76. The molecule has 1 heterocycles. The zero-order chi connectivity index (χ0) is 16.1. The number of hydrogen-bond donors (Lipinski definition) is 2. The number of carbonyl (C=O) groups is 1. The fourth-order valence-electron chi connectivity index (χ4n) is 2.04. The van der Waals surface area contributed by atoms with Crippen molar-refractivity contribution in [3.63, 3.8) is 0 Å². The van der Waals surface area contributed by atoms with E-state index < -0.39 is 6.09 Å². The van der Waals surface area contributed by atoms with Gasteiger partial charge < -0.3 is 14.6 Å². The highest BCUT2D eigenvalue weighted by atomic mass is 16.5. The van der Waals surface area contributed by atoms with Crippen molar-refractivity contribution < 1.29 is 19.4 Å². The van der Waals surface area contributed by atoms with Crippen molar-refractivity contribution in [2.24, 2.45) is 0 Å². The number of rotatable bonds is 5. The van der Waals surface area contributed by atoms with Crippen LogP contribution in [0, 0.1) is 0 Å². The second kappa shape index (κ2) is 6.80. The van der Waals surface area contributed by atoms with E-state index in [1.807, 2.05) is 19.9 Å². The quantitative estimate of drug-likeness (QED) is 0.881. The van der Waals surface area contributed by atoms with Crippen LogP contribution in [0.5, 0.6) is 11.5 Å². The number of nitrogens with one attached hydrogen (secondary N) is 1. The fraction of sp³-hybridized carbons (Fsp3) is 0.250. The summed E-state index contributed by atoms with van der Waals surface area (Å²) in [7, 11) is 1.58. The molecule has 0 atom stereocenters. The summed E-state index contributed by atoms with van der Waals surface area (Å²) in [6, 6.07) is 7.08. The molecule has 116 valence electrons. The molecule has 0 saturated carbocycles. The summed E-state index contributed by atoms with van der Waals surface area (Å²) in [5.74, 6) is 1.10. The Balaban J connectivity index is 2.47. The van der Waals surface area contributed by atoms with Crippen LogP contribution in [0.25, 0.3) is 11.1 Å². The van der Waals surface area contributed by atoms with Gasteiger partial charge in [-0.15, -0.1) is 0 Å². The number of aromatic nitrogens is 1. The van der Waals surface area contributed by atoms with E-state index in [1.54, 1.807) is 37.7 Å². The van der Waals surface area contributed by atoms with Crippen LogP contribution in [-0.4, -0.2) is 29.4 Å². The first-order valence-corrected chi connectivity index (χ1v) is 6.80. The van der Waals surface area contributed by atoms with Crippen LogP contribution in [-0.2, 0) is 0 Å². The number of methoxy groups -OCH3 is 1. The highest BCUT2D eigenvalue weighted by Gasteiger charge is 2.12. The Morgan fingerprint density at radius 1 is 1.27 bits per heavy atom. The number of anilines is 1. The third-order valence-corrected chi connectivity index (χ3v) is 2.90. The molecule has 0 saturated heterocycles. The van der Waals surface area contributed by atoms with Gasteiger partial charge in [-0.3, -0.25) is 10.3 Å². The van der Waals surface area contributed by atoms with Gasteiger partial charge in [0.05, 0.1) is 25.1 Å². The lowest BCUT2D eigenvalue weighted by molar-refractivity contribution is 0.209. The fourth-order valence-corrected chi connectivity index (χ4v) is 2.04. The molecule has 0 spiro atoms. The normalized spacial score (nSPS) is 10.4. The van der Waals surface area contributed by atoms with Gasteiger partial charge in [0, 0.05) is 11.8 Å². The molecular weight excluding hydrogens is 284 g/mol. The van der Waals surface area contributed by atoms with Crippen molar-refractivity contribution in [1.82, 2.24) is 4.98 Å². The van der Waals surface area contributed by atoms with E-state index in [0.717, 1.165) is 11.1 Å². The number of benzene rings is 1. The molecule has 2 aromatic rings. The Morgan fingerprint density at radius 2 is 2.05 bits per heavy atom. The van der Waals surface area contributed by atoms with Crippen LogP contribution in [0.1, 0.15) is 13.8 Å². The van der Waals surface area contributed by atoms with E-state index in [2.05, 4.69) is 10.3 Å². The first-order chi connectivity index (χ1) is 10.5. The molecule has 6 heteroatoms. The monoisotopic (exact) mass is 302 g/mol. The predicted molar refractivity (Wildman–Crippen MR) is 83.6 cm³/mol. The van der Waals surface area contributed by atoms with Gasteiger partial charge >= 0.3 is 6.09 Å². The van der Waals surface area contributed by atoms with Crippen molar-refractivity contribution in [2.75, 3.05) is 12.4 Å². The van der Waals surface area contributed by atoms with Crippen LogP contribution in [0.2, 0.25) is 0 Å². The average molecular weight is 302 g/mol. The van der Waals surface area contributed by atoms with Crippen LogP contribution in [0.15, 0.2) is 36.7 Å². The molecule has 2 rings (SSSR count). The Labute approximate surface area is 128 Å². The molecule has 0 aliphatic rings. The lowest BCUT2D eigenvalue weighted by Crippen LogP contribution is -2.12. The van der Waals surface area contributed by atoms with Crippen molar-refractivity contribution in [1.29, 1.82) is 0 Å². The highest BCUT2D eigenvalue weighted by Crippen LogP contribution is 2.35. The molecule has 0 radical (unpaired) electrons. The summed E-state index contributed by atoms with van der Waals surface area (Å²) >= 11 is 0. The standard InChI is InChI=1S/C16H18N2O4/c1-10(2)22-14-8-11(4-5-13(14)18-16(19)20)12-6-7-17-9-15(12)21-3/h4-10,18H,1-3H3,(H,19,20). The number of hydrogen-bond acceptors (Lipinski definition) is 4. The molecular formula is C16H18N2O4. The predicted octanol–water partition coefficient (Wildman–Crippen LogP) is 3.63. The summed E-state index contributed by atoms with van der Waals surface area (Å²) < 4.78 is 11.0. The van der Waals surface area contributed by atoms with Crippen LogP contribution in [0.3, 0.4) is 0 Å². The average Bonchev–Trinajstić information content (AvgIpc) is 2.48. The molecule has 2 N–H and O–H groups in total. The Bertz CT molecular complexity index is 671. The van der Waals surface area contributed by atoms with Crippen LogP contribution in [0.4, 0.5) is 10.5 Å². The molecule has 0 unspecified atom stereocenters. The third-order valence-electron chi connectivity index (χ3n) is 2.90. The Kier molecular flexibility index (Phi) is 4.83. The summed E-state index contributed by atoms with van der Waals surface area (Å²) in [4.78, 5) is 14.9. The largest absolute Gasteiger partial charge is 0.494 e.